The molecule has 0 aliphatic rings. The average molecular weight is 18800 g/mol. The van der Waals surface area contributed by atoms with Gasteiger partial charge in [-0.25, -0.2) is 0 Å². The zero-order valence-electron chi connectivity index (χ0n) is 39.5. The molecule has 0 N–H and O–H groups in total. The van der Waals surface area contributed by atoms with Crippen molar-refractivity contribution in [1.29, 1.82) is 0 Å². The molecule has 0 nitrogen and oxygen atoms in total. The van der Waals surface area contributed by atoms with Gasteiger partial charge in [0.15, 0.2) is 0 Å². The quantitative estimate of drug-likeness (QED) is 0.321. The molecule has 0 aliphatic heterocycles. The Morgan fingerprint density at radius 1 is 0.0127 bits per heavy atom. The van der Waals surface area contributed by atoms with E-state index in [2.05, 4.69) is 0 Å². The van der Waals surface area contributed by atoms with Crippen LogP contribution in [-0.4, -0.2) is 0 Å². The molecule has 0 atom stereocenters. The van der Waals surface area contributed by atoms with Crippen LogP contribution in [-0.2, 0) is 0 Å². The molecule has 0 bridgehead atoms. The van der Waals surface area contributed by atoms with Gasteiger partial charge in [-0.15, -0.1) is 0 Å². The summed E-state index contributed by atoms with van der Waals surface area (Å²) in [6.07, 6.45) is 0. The molecule has 79 heavy (non-hydrogen) atoms. The van der Waals surface area contributed by atoms with Gasteiger partial charge in [-0.3, -0.25) is 0 Å². The van der Waals surface area contributed by atoms with Crippen molar-refractivity contribution in [2.45, 2.75) is 0 Å². The van der Waals surface area contributed by atoms with Crippen molar-refractivity contribution in [2.75, 3.05) is 0 Å². The zero-order valence-corrected chi connectivity index (χ0v) is 368. The summed E-state index contributed by atoms with van der Waals surface area (Å²) in [5.74, 6) is 0. The standard InChI is InChI=1S/79U. The van der Waals surface area contributed by atoms with Crippen LogP contribution < -0.4 is 0 Å². The first kappa shape index (κ1) is 609. The molecule has 316 valence electrons. The van der Waals surface area contributed by atoms with Crippen molar-refractivity contribution in [2.24, 2.45) is 0 Å². The minimum atomic E-state index is 0. The maximum atomic E-state index is 0. The second kappa shape index (κ2) is 598. The largest absolute Gasteiger partial charge is 0 e. The smallest absolute Gasteiger partial charge is 0 e. The average Bonchev–Trinajstić information content (AvgIpc) is 0. The van der Waals surface area contributed by atoms with Gasteiger partial charge in [0, 0.05) is 2460 Å². The molecule has 0 aliphatic carbocycles. The Labute approximate surface area is 2360 Å². The Morgan fingerprint density at radius 2 is 0.0127 bits per heavy atom. The summed E-state index contributed by atoms with van der Waals surface area (Å²) in [5.41, 5.74) is 0. The fourth-order valence-electron chi connectivity index (χ4n) is 0. The Balaban J connectivity index is 0. The monoisotopic (exact) mass is 18800 g/mol. The maximum absolute atomic E-state index is 0. The number of hydrogen-bond acceptors (Lipinski definition) is 0. The molecule has 0 saturated heterocycles. The minimum absolute atomic E-state index is 0. The molecule has 0 aromatic carbocycles. The van der Waals surface area contributed by atoms with Gasteiger partial charge in [0.25, 0.3) is 0 Å². The van der Waals surface area contributed by atoms with E-state index >= 15 is 0 Å². The molecule has 0 amide bonds. The topological polar surface area (TPSA) is 0 Å². The zero-order chi connectivity index (χ0) is 0. The first-order valence-electron chi connectivity index (χ1n) is 0. The normalized spacial score (nSPS) is 0. The van der Waals surface area contributed by atoms with Crippen molar-refractivity contribution in [3.8, 4) is 0 Å². The second-order valence-electron chi connectivity index (χ2n) is 0. The molecule has 79 heteroatoms. The predicted octanol–water partition coefficient (Wildman–Crippen LogP) is 0. The molecule has 0 aromatic heterocycles. The van der Waals surface area contributed by atoms with Gasteiger partial charge >= 0.3 is 0 Å². The first-order chi connectivity index (χ1) is 0. The van der Waals surface area contributed by atoms with Crippen LogP contribution in [0, 0.1) is 2460 Å². The fraction of sp³-hybridized carbons (Fsp3) is 0. The maximum Gasteiger partial charge on any atom is 0 e. The summed E-state index contributed by atoms with van der Waals surface area (Å²) in [5, 5.41) is 0. The van der Waals surface area contributed by atoms with E-state index in [0.717, 1.165) is 0 Å². The van der Waals surface area contributed by atoms with E-state index in [1.54, 1.807) is 0 Å². The predicted molar refractivity (Wildman–Crippen MR) is 0 cm³/mol. The minimum Gasteiger partial charge on any atom is 0 e. The third-order valence-electron chi connectivity index (χ3n) is 0. The van der Waals surface area contributed by atoms with Crippen LogP contribution in [0.3, 0.4) is 0 Å². The van der Waals surface area contributed by atoms with Crippen molar-refractivity contribution < 1.29 is 2460 Å². The summed E-state index contributed by atoms with van der Waals surface area (Å²) in [7, 11) is 0. The van der Waals surface area contributed by atoms with Crippen LogP contribution in [0.15, 0.2) is 0 Å². The summed E-state index contributed by atoms with van der Waals surface area (Å²) in [6, 6.07) is 0. The molecule has 0 rings (SSSR count). The van der Waals surface area contributed by atoms with Gasteiger partial charge in [0.2, 0.25) is 0 Å². The molecule has 0 spiro atoms. The summed E-state index contributed by atoms with van der Waals surface area (Å²) in [4.78, 5) is 0. The third-order valence-corrected chi connectivity index (χ3v) is 0. The number of rotatable bonds is 0. The third kappa shape index (κ3) is 591. The SMILES string of the molecule is [U].[U].[U].[U].[U].[U].[U].[U].[U].[U].[U].[U].[U].[U].[U].[U].[U].[U].[U].[U].[U].[U].[U].[U].[U].[U].[U].[U].[U].[U].[U].[U].[U].[U].[U].[U].[U].[U].[U].[U].[U].[U].[U].[U].[U].[U].[U].[U].[U].[U].[U].[U].[U].[U].[U].[U].[U].[U].[U].[U].[U].[U].[U].[U].[U].[U].[U].[U].[U].[U].[U].[U].[U].[U].[U].[U].[U].[U].[U]. The molecule has 0 aromatic rings. The molecule has 0 unspecified atom stereocenters. The van der Waals surface area contributed by atoms with E-state index in [1.165, 1.54) is 0 Å². The Morgan fingerprint density at radius 3 is 0.0127 bits per heavy atom. The summed E-state index contributed by atoms with van der Waals surface area (Å²) < 4.78 is 0. The molecular weight excluding hydrogens is 18800 g/mol. The van der Waals surface area contributed by atoms with Crippen LogP contribution in [0.2, 0.25) is 0 Å². The Kier molecular flexibility index (Phi) is 4610. The molecule has 0 fully saturated rings. The Bertz CT molecular complexity index is 0. The second-order valence-corrected chi connectivity index (χ2v) is 0. The van der Waals surface area contributed by atoms with Crippen molar-refractivity contribution in [1.82, 2.24) is 0 Å². The molecule has 0 radical (unpaired) electrons. The summed E-state index contributed by atoms with van der Waals surface area (Å²) >= 11 is 0. The van der Waals surface area contributed by atoms with Gasteiger partial charge in [0.1, 0.15) is 0 Å². The van der Waals surface area contributed by atoms with E-state index in [-0.39, 0.29) is 2460 Å². The van der Waals surface area contributed by atoms with E-state index in [9.17, 15) is 0 Å². The van der Waals surface area contributed by atoms with Crippen LogP contribution in [0.1, 0.15) is 0 Å². The van der Waals surface area contributed by atoms with Crippen LogP contribution in [0.25, 0.3) is 0 Å². The van der Waals surface area contributed by atoms with Gasteiger partial charge in [0.05, 0.1) is 0 Å². The van der Waals surface area contributed by atoms with Crippen LogP contribution in [0.4, 0.5) is 0 Å². The molecular formula is U79. The van der Waals surface area contributed by atoms with Crippen LogP contribution in [0.5, 0.6) is 0 Å². The first-order valence-corrected chi connectivity index (χ1v) is 0. The van der Waals surface area contributed by atoms with Gasteiger partial charge < -0.3 is 0 Å². The van der Waals surface area contributed by atoms with Gasteiger partial charge in [-0.2, -0.15) is 0 Å². The van der Waals surface area contributed by atoms with Gasteiger partial charge in [-0.1, -0.05) is 0 Å². The Hall–Kier alpha value is 83.1. The van der Waals surface area contributed by atoms with E-state index in [4.69, 9.17) is 0 Å². The van der Waals surface area contributed by atoms with Crippen molar-refractivity contribution in [3.05, 3.63) is 0 Å². The summed E-state index contributed by atoms with van der Waals surface area (Å²) in [6.45, 7) is 0. The van der Waals surface area contributed by atoms with Crippen molar-refractivity contribution >= 4 is 0 Å². The van der Waals surface area contributed by atoms with Crippen LogP contribution >= 0.6 is 0 Å². The van der Waals surface area contributed by atoms with E-state index < -0.39 is 0 Å². The molecule has 0 saturated carbocycles. The van der Waals surface area contributed by atoms with Crippen molar-refractivity contribution in [3.63, 3.8) is 0 Å². The van der Waals surface area contributed by atoms with E-state index in [0.29, 0.717) is 0 Å². The van der Waals surface area contributed by atoms with E-state index in [1.807, 2.05) is 0 Å². The van der Waals surface area contributed by atoms with Gasteiger partial charge in [-0.05, 0) is 0 Å². The fourth-order valence-corrected chi connectivity index (χ4v) is 0. The molecule has 0 heterocycles. The number of hydrogen-bond donors (Lipinski definition) is 0.